The highest BCUT2D eigenvalue weighted by molar-refractivity contribution is 5.49. The van der Waals surface area contributed by atoms with Gasteiger partial charge in [0.25, 0.3) is 0 Å². The summed E-state index contributed by atoms with van der Waals surface area (Å²) in [5.41, 5.74) is 0.786. The van der Waals surface area contributed by atoms with Crippen molar-refractivity contribution in [3.05, 3.63) is 23.8 Å². The van der Waals surface area contributed by atoms with Crippen molar-refractivity contribution in [2.75, 3.05) is 20.8 Å². The molecular weight excluding hydrogens is 206 g/mol. The Bertz CT molecular complexity index is 350. The second-order valence-electron chi connectivity index (χ2n) is 4.24. The molecule has 0 spiro atoms. The van der Waals surface area contributed by atoms with Gasteiger partial charge in [-0.2, -0.15) is 0 Å². The van der Waals surface area contributed by atoms with Crippen LogP contribution >= 0.6 is 0 Å². The van der Waals surface area contributed by atoms with Crippen molar-refractivity contribution < 1.29 is 14.3 Å². The van der Waals surface area contributed by atoms with Crippen LogP contribution in [0.5, 0.6) is 11.5 Å². The maximum atomic E-state index is 5.38. The molecule has 0 heterocycles. The van der Waals surface area contributed by atoms with Gasteiger partial charge in [-0.05, 0) is 6.07 Å². The van der Waals surface area contributed by atoms with Gasteiger partial charge < -0.3 is 14.3 Å². The van der Waals surface area contributed by atoms with Crippen LogP contribution in [0.25, 0.3) is 0 Å². The van der Waals surface area contributed by atoms with Crippen molar-refractivity contribution in [3.63, 3.8) is 0 Å². The Labute approximate surface area is 96.3 Å². The van der Waals surface area contributed by atoms with Crippen molar-refractivity contribution in [2.24, 2.45) is 5.90 Å². The van der Waals surface area contributed by atoms with E-state index in [0.29, 0.717) is 12.4 Å². The molecule has 0 aliphatic rings. The van der Waals surface area contributed by atoms with Crippen LogP contribution in [-0.2, 0) is 10.3 Å². The largest absolute Gasteiger partial charge is 0.493 e. The molecule has 4 nitrogen and oxygen atoms in total. The van der Waals surface area contributed by atoms with Gasteiger partial charge in [-0.3, -0.25) is 0 Å². The summed E-state index contributed by atoms with van der Waals surface area (Å²) >= 11 is 0. The third-order valence-corrected chi connectivity index (χ3v) is 2.58. The first kappa shape index (κ1) is 12.8. The molecule has 1 aromatic carbocycles. The van der Waals surface area contributed by atoms with Crippen LogP contribution in [0.4, 0.5) is 0 Å². The maximum Gasteiger partial charge on any atom is 0.164 e. The monoisotopic (exact) mass is 225 g/mol. The van der Waals surface area contributed by atoms with Crippen molar-refractivity contribution in [1.29, 1.82) is 0 Å². The molecule has 90 valence electrons. The van der Waals surface area contributed by atoms with Gasteiger partial charge in [-0.25, -0.2) is 5.90 Å². The summed E-state index contributed by atoms with van der Waals surface area (Å²) in [6.45, 7) is 4.49. The molecule has 0 saturated carbocycles. The highest BCUT2D eigenvalue weighted by Crippen LogP contribution is 2.38. The van der Waals surface area contributed by atoms with Gasteiger partial charge in [-0.1, -0.05) is 26.0 Å². The van der Waals surface area contributed by atoms with E-state index in [2.05, 4.69) is 0 Å². The molecule has 0 aliphatic carbocycles. The smallest absolute Gasteiger partial charge is 0.164 e. The van der Waals surface area contributed by atoms with Crippen molar-refractivity contribution in [1.82, 2.24) is 0 Å². The number of para-hydroxylation sites is 1. The number of methoxy groups -OCH3 is 2. The normalized spacial score (nSPS) is 11.3. The summed E-state index contributed by atoms with van der Waals surface area (Å²) in [6, 6.07) is 5.77. The first-order valence-electron chi connectivity index (χ1n) is 5.10. The summed E-state index contributed by atoms with van der Waals surface area (Å²) in [4.78, 5) is 4.74. The van der Waals surface area contributed by atoms with Crippen LogP contribution in [0.1, 0.15) is 19.4 Å². The van der Waals surface area contributed by atoms with Gasteiger partial charge in [-0.15, -0.1) is 0 Å². The summed E-state index contributed by atoms with van der Waals surface area (Å²) in [6.07, 6.45) is 0. The predicted molar refractivity (Wildman–Crippen MR) is 62.7 cm³/mol. The van der Waals surface area contributed by atoms with Crippen LogP contribution in [0.3, 0.4) is 0 Å². The Morgan fingerprint density at radius 3 is 2.38 bits per heavy atom. The van der Waals surface area contributed by atoms with Crippen molar-refractivity contribution >= 4 is 0 Å². The zero-order chi connectivity index (χ0) is 12.2. The quantitative estimate of drug-likeness (QED) is 0.777. The lowest BCUT2D eigenvalue weighted by atomic mass is 9.84. The molecule has 0 atom stereocenters. The molecule has 0 radical (unpaired) electrons. The fraction of sp³-hybridized carbons (Fsp3) is 0.500. The molecule has 1 aromatic rings. The number of ether oxygens (including phenoxy) is 2. The maximum absolute atomic E-state index is 5.38. The molecule has 0 amide bonds. The second-order valence-corrected chi connectivity index (χ2v) is 4.24. The molecule has 1 rings (SSSR count). The minimum atomic E-state index is -0.228. The number of benzene rings is 1. The van der Waals surface area contributed by atoms with E-state index in [9.17, 15) is 0 Å². The molecule has 2 N–H and O–H groups in total. The average molecular weight is 225 g/mol. The topological polar surface area (TPSA) is 53.7 Å². The molecular formula is C12H19NO3. The lowest BCUT2D eigenvalue weighted by molar-refractivity contribution is 0.0952. The summed E-state index contributed by atoms with van der Waals surface area (Å²) < 4.78 is 10.6. The van der Waals surface area contributed by atoms with E-state index in [0.717, 1.165) is 11.3 Å². The van der Waals surface area contributed by atoms with Gasteiger partial charge in [0.2, 0.25) is 0 Å². The van der Waals surface area contributed by atoms with Crippen LogP contribution in [0.2, 0.25) is 0 Å². The fourth-order valence-corrected chi connectivity index (χ4v) is 1.71. The lowest BCUT2D eigenvalue weighted by Crippen LogP contribution is -2.26. The van der Waals surface area contributed by atoms with Crippen LogP contribution in [-0.4, -0.2) is 20.8 Å². The lowest BCUT2D eigenvalue weighted by Gasteiger charge is -2.26. The molecule has 0 unspecified atom stereocenters. The van der Waals surface area contributed by atoms with Gasteiger partial charge >= 0.3 is 0 Å². The number of nitrogens with two attached hydrogens (primary N) is 1. The zero-order valence-electron chi connectivity index (χ0n) is 10.2. The van der Waals surface area contributed by atoms with E-state index >= 15 is 0 Å². The summed E-state index contributed by atoms with van der Waals surface area (Å²) in [5.74, 6) is 6.58. The van der Waals surface area contributed by atoms with Crippen molar-refractivity contribution in [2.45, 2.75) is 19.3 Å². The fourth-order valence-electron chi connectivity index (χ4n) is 1.71. The first-order valence-corrected chi connectivity index (χ1v) is 5.10. The molecule has 4 heteroatoms. The Hall–Kier alpha value is -1.26. The molecule has 0 aliphatic heterocycles. The number of hydrogen-bond donors (Lipinski definition) is 1. The molecule has 0 fully saturated rings. The molecule has 0 bridgehead atoms. The first-order chi connectivity index (χ1) is 7.56. The van der Waals surface area contributed by atoms with Crippen molar-refractivity contribution in [3.8, 4) is 11.5 Å². The van der Waals surface area contributed by atoms with Gasteiger partial charge in [0.05, 0.1) is 20.8 Å². The van der Waals surface area contributed by atoms with Gasteiger partial charge in [0.15, 0.2) is 11.5 Å². The van der Waals surface area contributed by atoms with Crippen LogP contribution in [0.15, 0.2) is 18.2 Å². The highest BCUT2D eigenvalue weighted by Gasteiger charge is 2.26. The van der Waals surface area contributed by atoms with Gasteiger partial charge in [0.1, 0.15) is 0 Å². The molecule has 0 saturated heterocycles. The predicted octanol–water partition coefficient (Wildman–Crippen LogP) is 1.87. The number of rotatable bonds is 5. The average Bonchev–Trinajstić information content (AvgIpc) is 2.27. The Balaban J connectivity index is 3.22. The Kier molecular flexibility index (Phi) is 4.15. The van der Waals surface area contributed by atoms with Crippen LogP contribution in [0, 0.1) is 0 Å². The second kappa shape index (κ2) is 5.18. The zero-order valence-corrected chi connectivity index (χ0v) is 10.2. The minimum absolute atomic E-state index is 0.228. The molecule has 16 heavy (non-hydrogen) atoms. The SMILES string of the molecule is COc1cccc(C(C)(C)CON)c1OC. The summed E-state index contributed by atoms with van der Waals surface area (Å²) in [7, 11) is 3.24. The number of hydrogen-bond acceptors (Lipinski definition) is 4. The van der Waals surface area contributed by atoms with E-state index in [1.165, 1.54) is 0 Å². The van der Waals surface area contributed by atoms with Crippen LogP contribution < -0.4 is 15.4 Å². The third kappa shape index (κ3) is 2.46. The highest BCUT2D eigenvalue weighted by atomic mass is 16.6. The third-order valence-electron chi connectivity index (χ3n) is 2.58. The van der Waals surface area contributed by atoms with E-state index in [1.54, 1.807) is 14.2 Å². The Morgan fingerprint density at radius 2 is 1.88 bits per heavy atom. The molecule has 0 aromatic heterocycles. The Morgan fingerprint density at radius 1 is 1.19 bits per heavy atom. The van der Waals surface area contributed by atoms with E-state index in [-0.39, 0.29) is 5.41 Å². The standard InChI is InChI=1S/C12H19NO3/c1-12(2,8-16-13)9-6-5-7-10(14-3)11(9)15-4/h5-7H,8,13H2,1-4H3. The van der Waals surface area contributed by atoms with Gasteiger partial charge in [0, 0.05) is 11.0 Å². The minimum Gasteiger partial charge on any atom is -0.493 e. The van der Waals surface area contributed by atoms with E-state index in [4.69, 9.17) is 20.2 Å². The summed E-state index contributed by atoms with van der Waals surface area (Å²) in [5, 5.41) is 0. The van der Waals surface area contributed by atoms with E-state index < -0.39 is 0 Å². The van der Waals surface area contributed by atoms with E-state index in [1.807, 2.05) is 32.0 Å².